The molecular weight excluding hydrogens is 477 g/mol. The van der Waals surface area contributed by atoms with Gasteiger partial charge in [-0.3, -0.25) is 4.79 Å². The lowest BCUT2D eigenvalue weighted by Crippen LogP contribution is -2.25. The van der Waals surface area contributed by atoms with Crippen molar-refractivity contribution in [3.8, 4) is 17.2 Å². The topological polar surface area (TPSA) is 93.7 Å². The zero-order chi connectivity index (χ0) is 26.7. The molecule has 0 atom stereocenters. The lowest BCUT2D eigenvalue weighted by Gasteiger charge is -2.17. The Hall–Kier alpha value is -4.40. The van der Waals surface area contributed by atoms with Crippen LogP contribution in [0.15, 0.2) is 48.3 Å². The molecule has 9 heteroatoms. The first-order chi connectivity index (χ1) is 17.7. The largest absolute Gasteiger partial charge is 0.493 e. The van der Waals surface area contributed by atoms with Gasteiger partial charge >= 0.3 is 6.09 Å². The number of H-pyrrole nitrogens is 1. The first-order valence-corrected chi connectivity index (χ1v) is 11.6. The monoisotopic (exact) mass is 505 g/mol. The quantitative estimate of drug-likeness (QED) is 0.400. The Balaban J connectivity index is 1.74. The number of hydrogen-bond acceptors (Lipinski definition) is 6. The van der Waals surface area contributed by atoms with E-state index >= 15 is 0 Å². The zero-order valence-electron chi connectivity index (χ0n) is 21.3. The number of fused-ring (bicyclic) bond motifs is 1. The Morgan fingerprint density at radius 2 is 1.78 bits per heavy atom. The number of imidazole rings is 1. The number of hydrogen-bond donors (Lipinski definition) is 1. The van der Waals surface area contributed by atoms with Gasteiger partial charge in [-0.25, -0.2) is 14.2 Å². The second-order valence-electron chi connectivity index (χ2n) is 8.73. The van der Waals surface area contributed by atoms with Crippen molar-refractivity contribution in [1.82, 2.24) is 14.9 Å². The number of nitrogens with one attached hydrogen (secondary N) is 1. The third kappa shape index (κ3) is 5.25. The predicted octanol–water partition coefficient (Wildman–Crippen LogP) is 5.62. The number of Topliss-reactive ketones (excluding diaryl/α,β-unsaturated/α-hetero) is 1. The molecule has 2 aromatic carbocycles. The van der Waals surface area contributed by atoms with Gasteiger partial charge in [0.2, 0.25) is 5.75 Å². The minimum absolute atomic E-state index is 0.113. The summed E-state index contributed by atoms with van der Waals surface area (Å²) in [4.78, 5) is 32.9. The number of aromatic amines is 1. The Labute approximate surface area is 214 Å². The first kappa shape index (κ1) is 25.7. The third-order valence-corrected chi connectivity index (χ3v) is 6.17. The smallest absolute Gasteiger partial charge is 0.414 e. The number of nitrogens with zero attached hydrogens (tertiary/aromatic N) is 2. The lowest BCUT2D eigenvalue weighted by atomic mass is 9.99. The average Bonchev–Trinajstić information content (AvgIpc) is 3.50. The number of ketones is 1. The average molecular weight is 506 g/mol. The molecule has 0 bridgehead atoms. The van der Waals surface area contributed by atoms with E-state index in [4.69, 9.17) is 14.2 Å². The van der Waals surface area contributed by atoms with Gasteiger partial charge in [0.15, 0.2) is 23.1 Å². The van der Waals surface area contributed by atoms with E-state index in [1.165, 1.54) is 37.4 Å². The summed E-state index contributed by atoms with van der Waals surface area (Å²) in [6.07, 6.45) is 5.18. The van der Waals surface area contributed by atoms with Crippen molar-refractivity contribution in [2.24, 2.45) is 0 Å². The molecule has 0 unspecified atom stereocenters. The fourth-order valence-electron chi connectivity index (χ4n) is 4.28. The highest BCUT2D eigenvalue weighted by Gasteiger charge is 2.26. The molecule has 192 valence electrons. The summed E-state index contributed by atoms with van der Waals surface area (Å²) >= 11 is 0. The Morgan fingerprint density at radius 3 is 2.38 bits per heavy atom. The second kappa shape index (κ2) is 10.7. The number of carbonyl (C=O) groups is 2. The number of carbonyl (C=O) groups excluding carboxylic acids is 2. The molecule has 1 N–H and O–H groups in total. The van der Waals surface area contributed by atoms with Crippen molar-refractivity contribution in [1.29, 1.82) is 0 Å². The Kier molecular flexibility index (Phi) is 7.42. The second-order valence-corrected chi connectivity index (χ2v) is 8.73. The molecule has 1 aromatic heterocycles. The molecule has 3 aromatic rings. The van der Waals surface area contributed by atoms with Crippen molar-refractivity contribution in [2.45, 2.75) is 19.8 Å². The number of amides is 1. The molecule has 0 fully saturated rings. The molecule has 4 rings (SSSR count). The van der Waals surface area contributed by atoms with Crippen LogP contribution >= 0.6 is 0 Å². The van der Waals surface area contributed by atoms with Crippen LogP contribution in [-0.4, -0.2) is 55.1 Å². The molecule has 1 aliphatic carbocycles. The number of halogens is 1. The highest BCUT2D eigenvalue weighted by atomic mass is 19.1. The van der Waals surface area contributed by atoms with Gasteiger partial charge in [-0.05, 0) is 77.1 Å². The van der Waals surface area contributed by atoms with Crippen LogP contribution in [0.3, 0.4) is 0 Å². The SMILES string of the molecule is COc1cc(/C=C2/C(C)=C(CCC(=O)c3ncc[nH]3)c3cc(F)ccc32)cc(OC)c1OC(=O)N(C)C. The number of benzene rings is 2. The van der Waals surface area contributed by atoms with Crippen LogP contribution in [0.1, 0.15) is 47.1 Å². The van der Waals surface area contributed by atoms with Crippen molar-refractivity contribution in [3.05, 3.63) is 76.6 Å². The van der Waals surface area contributed by atoms with Crippen LogP contribution in [0.2, 0.25) is 0 Å². The summed E-state index contributed by atoms with van der Waals surface area (Å²) in [5.41, 5.74) is 5.07. The number of ether oxygens (including phenoxy) is 3. The van der Waals surface area contributed by atoms with E-state index in [-0.39, 0.29) is 23.8 Å². The number of allylic oxidation sites excluding steroid dienone is 3. The molecule has 1 heterocycles. The molecular formula is C28H28FN3O5. The molecule has 8 nitrogen and oxygen atoms in total. The summed E-state index contributed by atoms with van der Waals surface area (Å²) in [5.74, 6) is 0.662. The molecule has 1 amide bonds. The van der Waals surface area contributed by atoms with E-state index in [0.29, 0.717) is 23.7 Å². The molecule has 0 aliphatic heterocycles. The fourth-order valence-corrected chi connectivity index (χ4v) is 4.28. The highest BCUT2D eigenvalue weighted by Crippen LogP contribution is 2.46. The first-order valence-electron chi connectivity index (χ1n) is 11.6. The van der Waals surface area contributed by atoms with Crippen LogP contribution in [0.5, 0.6) is 17.2 Å². The van der Waals surface area contributed by atoms with Crippen molar-refractivity contribution in [2.75, 3.05) is 28.3 Å². The van der Waals surface area contributed by atoms with E-state index in [9.17, 15) is 14.0 Å². The van der Waals surface area contributed by atoms with Crippen LogP contribution in [0, 0.1) is 5.82 Å². The van der Waals surface area contributed by atoms with Gasteiger partial charge in [0.25, 0.3) is 0 Å². The van der Waals surface area contributed by atoms with E-state index in [1.807, 2.05) is 13.0 Å². The maximum absolute atomic E-state index is 14.2. The summed E-state index contributed by atoms with van der Waals surface area (Å²) in [6, 6.07) is 8.13. The van der Waals surface area contributed by atoms with Crippen LogP contribution < -0.4 is 14.2 Å². The van der Waals surface area contributed by atoms with E-state index in [2.05, 4.69) is 9.97 Å². The standard InChI is InChI=1S/C28H28FN3O5/c1-16-19(8-9-23(33)27-30-10-11-31-27)22-15-18(29)6-7-20(22)21(16)12-17-13-24(35-4)26(25(14-17)36-5)37-28(34)32(2)3/h6-7,10-15H,8-9H2,1-5H3,(H,30,31)/b21-12-. The number of methoxy groups -OCH3 is 2. The Bertz CT molecular complexity index is 1380. The molecule has 1 aliphatic rings. The van der Waals surface area contributed by atoms with E-state index < -0.39 is 6.09 Å². The summed E-state index contributed by atoms with van der Waals surface area (Å²) < 4.78 is 30.7. The molecule has 0 saturated heterocycles. The van der Waals surface area contributed by atoms with Crippen molar-refractivity contribution < 1.29 is 28.2 Å². The van der Waals surface area contributed by atoms with Crippen LogP contribution in [0.25, 0.3) is 17.2 Å². The molecule has 0 saturated carbocycles. The van der Waals surface area contributed by atoms with Crippen LogP contribution in [-0.2, 0) is 0 Å². The fraction of sp³-hybridized carbons (Fsp3) is 0.250. The van der Waals surface area contributed by atoms with Gasteiger partial charge in [0.05, 0.1) is 14.2 Å². The summed E-state index contributed by atoms with van der Waals surface area (Å²) in [7, 11) is 6.11. The highest BCUT2D eigenvalue weighted by molar-refractivity contribution is 6.06. The lowest BCUT2D eigenvalue weighted by molar-refractivity contribution is 0.0975. The van der Waals surface area contributed by atoms with Gasteiger partial charge in [-0.1, -0.05) is 6.07 Å². The van der Waals surface area contributed by atoms with Gasteiger partial charge in [0.1, 0.15) is 5.82 Å². The molecule has 0 radical (unpaired) electrons. The maximum atomic E-state index is 14.2. The number of rotatable bonds is 8. The van der Waals surface area contributed by atoms with Gasteiger partial charge in [0, 0.05) is 32.9 Å². The predicted molar refractivity (Wildman–Crippen MR) is 138 cm³/mol. The summed E-state index contributed by atoms with van der Waals surface area (Å²) in [6.45, 7) is 1.96. The van der Waals surface area contributed by atoms with Crippen molar-refractivity contribution in [3.63, 3.8) is 0 Å². The maximum Gasteiger partial charge on any atom is 0.414 e. The molecule has 37 heavy (non-hydrogen) atoms. The van der Waals surface area contributed by atoms with E-state index in [0.717, 1.165) is 33.4 Å². The summed E-state index contributed by atoms with van der Waals surface area (Å²) in [5, 5.41) is 0. The van der Waals surface area contributed by atoms with Gasteiger partial charge < -0.3 is 24.1 Å². The van der Waals surface area contributed by atoms with Gasteiger partial charge in [-0.2, -0.15) is 0 Å². The number of aromatic nitrogens is 2. The van der Waals surface area contributed by atoms with E-state index in [1.54, 1.807) is 38.5 Å². The minimum atomic E-state index is -0.568. The van der Waals surface area contributed by atoms with Gasteiger partial charge in [-0.15, -0.1) is 0 Å². The normalized spacial score (nSPS) is 13.5. The minimum Gasteiger partial charge on any atom is -0.493 e. The van der Waals surface area contributed by atoms with Crippen molar-refractivity contribution >= 4 is 29.1 Å². The van der Waals surface area contributed by atoms with Crippen LogP contribution in [0.4, 0.5) is 9.18 Å². The molecule has 0 spiro atoms. The zero-order valence-corrected chi connectivity index (χ0v) is 21.3. The third-order valence-electron chi connectivity index (χ3n) is 6.17. The Morgan fingerprint density at radius 1 is 1.08 bits per heavy atom.